The Balaban J connectivity index is 2.01. The van der Waals surface area contributed by atoms with E-state index in [-0.39, 0.29) is 5.91 Å². The number of rotatable bonds is 1. The van der Waals surface area contributed by atoms with Gasteiger partial charge in [-0.15, -0.1) is 0 Å². The van der Waals surface area contributed by atoms with E-state index in [4.69, 9.17) is 0 Å². The van der Waals surface area contributed by atoms with Gasteiger partial charge in [0, 0.05) is 12.1 Å². The topological polar surface area (TPSA) is 82.5 Å². The molecule has 1 aromatic carbocycles. The van der Waals surface area contributed by atoms with Crippen LogP contribution in [0.5, 0.6) is 0 Å². The molecule has 0 atom stereocenters. The number of carbonyl (C=O) groups excluding carboxylic acids is 1. The number of nitrogens with one attached hydrogen (secondary N) is 2. The predicted octanol–water partition coefficient (Wildman–Crippen LogP) is 2.54. The Bertz CT molecular complexity index is 746. The van der Waals surface area contributed by atoms with Gasteiger partial charge in [0.25, 0.3) is 0 Å². The second kappa shape index (κ2) is 5.12. The van der Waals surface area contributed by atoms with Crippen LogP contribution in [0.1, 0.15) is 30.9 Å². The summed E-state index contributed by atoms with van der Waals surface area (Å²) in [5, 5.41) is 2.69. The SMILES string of the molecule is CC1=N/C(=N\c2nc3cc(C)c(C)cc3[nH]2)NC(=O)CC1. The second-order valence-corrected chi connectivity index (χ2v) is 5.34. The highest BCUT2D eigenvalue weighted by Crippen LogP contribution is 2.20. The quantitative estimate of drug-likeness (QED) is 0.843. The lowest BCUT2D eigenvalue weighted by Crippen LogP contribution is -2.27. The van der Waals surface area contributed by atoms with Crippen molar-refractivity contribution < 1.29 is 4.79 Å². The number of aromatic nitrogens is 2. The van der Waals surface area contributed by atoms with Gasteiger partial charge in [-0.3, -0.25) is 10.1 Å². The minimum atomic E-state index is -0.0721. The van der Waals surface area contributed by atoms with E-state index in [1.54, 1.807) is 0 Å². The van der Waals surface area contributed by atoms with Crippen LogP contribution in [0.4, 0.5) is 5.95 Å². The molecule has 1 amide bonds. The fourth-order valence-electron chi connectivity index (χ4n) is 2.21. The van der Waals surface area contributed by atoms with Crippen molar-refractivity contribution in [2.75, 3.05) is 0 Å². The van der Waals surface area contributed by atoms with E-state index < -0.39 is 0 Å². The molecule has 2 N–H and O–H groups in total. The number of nitrogens with zero attached hydrogens (tertiary/aromatic N) is 3. The molecule has 0 bridgehead atoms. The Morgan fingerprint density at radius 2 is 1.90 bits per heavy atom. The van der Waals surface area contributed by atoms with Gasteiger partial charge in [0.1, 0.15) is 0 Å². The van der Waals surface area contributed by atoms with Crippen molar-refractivity contribution in [3.05, 3.63) is 23.3 Å². The molecule has 108 valence electrons. The Morgan fingerprint density at radius 1 is 1.14 bits per heavy atom. The predicted molar refractivity (Wildman–Crippen MR) is 83.1 cm³/mol. The molecule has 1 aliphatic rings. The van der Waals surface area contributed by atoms with Gasteiger partial charge in [-0.25, -0.2) is 9.98 Å². The minimum absolute atomic E-state index is 0.0721. The van der Waals surface area contributed by atoms with Crippen LogP contribution in [0, 0.1) is 13.8 Å². The van der Waals surface area contributed by atoms with Crippen molar-refractivity contribution in [1.82, 2.24) is 15.3 Å². The minimum Gasteiger partial charge on any atom is -0.322 e. The highest BCUT2D eigenvalue weighted by Gasteiger charge is 2.12. The van der Waals surface area contributed by atoms with Crippen LogP contribution < -0.4 is 5.32 Å². The number of aryl methyl sites for hydroxylation is 2. The Kier molecular flexibility index (Phi) is 3.29. The lowest BCUT2D eigenvalue weighted by Gasteiger charge is -1.98. The van der Waals surface area contributed by atoms with Crippen LogP contribution in [-0.4, -0.2) is 27.5 Å². The summed E-state index contributed by atoms with van der Waals surface area (Å²) in [6.07, 6.45) is 1.09. The van der Waals surface area contributed by atoms with E-state index >= 15 is 0 Å². The third-order valence-corrected chi connectivity index (χ3v) is 3.56. The number of aromatic amines is 1. The maximum absolute atomic E-state index is 11.6. The van der Waals surface area contributed by atoms with Crippen molar-refractivity contribution in [1.29, 1.82) is 0 Å². The summed E-state index contributed by atoms with van der Waals surface area (Å²) in [5.74, 6) is 0.670. The highest BCUT2D eigenvalue weighted by molar-refractivity contribution is 6.07. The first-order valence-corrected chi connectivity index (χ1v) is 6.91. The zero-order chi connectivity index (χ0) is 15.0. The molecular weight excluding hydrogens is 266 g/mol. The molecule has 0 aliphatic carbocycles. The summed E-state index contributed by atoms with van der Waals surface area (Å²) in [6.45, 7) is 6.00. The van der Waals surface area contributed by atoms with Crippen LogP contribution >= 0.6 is 0 Å². The van der Waals surface area contributed by atoms with Crippen LogP contribution in [0.25, 0.3) is 11.0 Å². The molecular formula is C15H17N5O. The summed E-state index contributed by atoms with van der Waals surface area (Å²) in [5.41, 5.74) is 5.05. The fourth-order valence-corrected chi connectivity index (χ4v) is 2.21. The molecule has 2 heterocycles. The van der Waals surface area contributed by atoms with Gasteiger partial charge in [-0.2, -0.15) is 4.99 Å². The van der Waals surface area contributed by atoms with E-state index in [9.17, 15) is 4.79 Å². The number of imidazole rings is 1. The van der Waals surface area contributed by atoms with Crippen LogP contribution in [-0.2, 0) is 4.79 Å². The molecule has 2 aromatic rings. The molecule has 0 spiro atoms. The van der Waals surface area contributed by atoms with E-state index in [1.807, 2.05) is 26.0 Å². The van der Waals surface area contributed by atoms with Crippen LogP contribution in [0.2, 0.25) is 0 Å². The van der Waals surface area contributed by atoms with Crippen molar-refractivity contribution in [2.45, 2.75) is 33.6 Å². The monoisotopic (exact) mass is 283 g/mol. The van der Waals surface area contributed by atoms with Gasteiger partial charge < -0.3 is 4.98 Å². The number of hydrogen-bond acceptors (Lipinski definition) is 3. The lowest BCUT2D eigenvalue weighted by atomic mass is 10.1. The number of amides is 1. The average Bonchev–Trinajstić information content (AvgIpc) is 2.69. The molecule has 0 radical (unpaired) electrons. The summed E-state index contributed by atoms with van der Waals surface area (Å²) < 4.78 is 0. The van der Waals surface area contributed by atoms with Gasteiger partial charge in [0.05, 0.1) is 11.0 Å². The van der Waals surface area contributed by atoms with E-state index in [0.29, 0.717) is 24.7 Å². The van der Waals surface area contributed by atoms with Crippen LogP contribution in [0.15, 0.2) is 22.1 Å². The number of benzene rings is 1. The molecule has 21 heavy (non-hydrogen) atoms. The molecule has 0 unspecified atom stereocenters. The van der Waals surface area contributed by atoms with Crippen molar-refractivity contribution in [3.63, 3.8) is 0 Å². The molecule has 1 aromatic heterocycles. The largest absolute Gasteiger partial charge is 0.322 e. The van der Waals surface area contributed by atoms with Gasteiger partial charge in [0.15, 0.2) is 0 Å². The third-order valence-electron chi connectivity index (χ3n) is 3.56. The van der Waals surface area contributed by atoms with Gasteiger partial charge in [-0.05, 0) is 50.5 Å². The van der Waals surface area contributed by atoms with Gasteiger partial charge in [0.2, 0.25) is 17.8 Å². The molecule has 1 aliphatic heterocycles. The van der Waals surface area contributed by atoms with Crippen molar-refractivity contribution in [3.8, 4) is 0 Å². The first-order valence-electron chi connectivity index (χ1n) is 6.91. The number of H-pyrrole nitrogens is 1. The van der Waals surface area contributed by atoms with Crippen molar-refractivity contribution in [2.24, 2.45) is 9.98 Å². The molecule has 3 rings (SSSR count). The number of hydrogen-bond donors (Lipinski definition) is 2. The van der Waals surface area contributed by atoms with Gasteiger partial charge in [-0.1, -0.05) is 0 Å². The maximum Gasteiger partial charge on any atom is 0.232 e. The molecule has 0 saturated carbocycles. The highest BCUT2D eigenvalue weighted by atomic mass is 16.1. The fraction of sp³-hybridized carbons (Fsp3) is 0.333. The van der Waals surface area contributed by atoms with E-state index in [1.165, 1.54) is 11.1 Å². The maximum atomic E-state index is 11.6. The zero-order valence-corrected chi connectivity index (χ0v) is 12.3. The molecule has 6 heteroatoms. The zero-order valence-electron chi connectivity index (χ0n) is 12.3. The van der Waals surface area contributed by atoms with Crippen LogP contribution in [0.3, 0.4) is 0 Å². The number of fused-ring (bicyclic) bond motifs is 1. The van der Waals surface area contributed by atoms with E-state index in [2.05, 4.69) is 32.2 Å². The molecule has 0 fully saturated rings. The van der Waals surface area contributed by atoms with E-state index in [0.717, 1.165) is 16.7 Å². The summed E-state index contributed by atoms with van der Waals surface area (Å²) in [4.78, 5) is 27.8. The third kappa shape index (κ3) is 2.84. The normalized spacial score (nSPS) is 17.8. The Labute approximate surface area is 122 Å². The number of aliphatic imine (C=N–C) groups is 2. The second-order valence-electron chi connectivity index (χ2n) is 5.34. The Hall–Kier alpha value is -2.50. The first kappa shape index (κ1) is 13.5. The molecule has 6 nitrogen and oxygen atoms in total. The average molecular weight is 283 g/mol. The smallest absolute Gasteiger partial charge is 0.232 e. The van der Waals surface area contributed by atoms with Crippen molar-refractivity contribution >= 4 is 34.6 Å². The first-order chi connectivity index (χ1) is 10.0. The summed E-state index contributed by atoms with van der Waals surface area (Å²) in [7, 11) is 0. The Morgan fingerprint density at radius 3 is 2.71 bits per heavy atom. The standard InChI is InChI=1S/C15H17N5O/c1-8-6-11-12(7-9(8)2)18-15(17-11)20-14-16-10(3)4-5-13(21)19-14/h6-7H,4-5H2,1-3H3,(H2,17,18,19,20,21). The lowest BCUT2D eigenvalue weighted by molar-refractivity contribution is -0.119. The number of guanidine groups is 1. The van der Waals surface area contributed by atoms with Gasteiger partial charge >= 0.3 is 0 Å². The number of carbonyl (C=O) groups is 1. The summed E-state index contributed by atoms with van der Waals surface area (Å²) in [6, 6.07) is 4.06. The summed E-state index contributed by atoms with van der Waals surface area (Å²) >= 11 is 0. The molecule has 0 saturated heterocycles.